The Morgan fingerprint density at radius 3 is 2.32 bits per heavy atom. The highest BCUT2D eigenvalue weighted by Gasteiger charge is 2.50. The third-order valence-corrected chi connectivity index (χ3v) is 11.0. The van der Waals surface area contributed by atoms with Crippen LogP contribution in [0.3, 0.4) is 0 Å². The van der Waals surface area contributed by atoms with E-state index < -0.39 is 109 Å². The van der Waals surface area contributed by atoms with Gasteiger partial charge >= 0.3 is 29.2 Å². The third-order valence-electron chi connectivity index (χ3n) is 7.89. The summed E-state index contributed by atoms with van der Waals surface area (Å²) in [6.45, 7) is 1.81. The van der Waals surface area contributed by atoms with Crippen LogP contribution in [0.2, 0.25) is 0 Å². The van der Waals surface area contributed by atoms with E-state index in [1.165, 1.54) is 20.0 Å². The van der Waals surface area contributed by atoms with Crippen molar-refractivity contribution in [2.75, 3.05) is 6.61 Å². The standard InChI is InChI=1S/C25H38N5O20P3/c1-10-19(33)14(13(6-26-10)8-45-51(38,39)40)7-27-17-11(2)47-24(18(21(17)35)28-12(3)31)49-53(43,44)50-52(41,42)46-9-15-20(34)22(36)23(48-15)30-5-4-16(32)29-25(30)37/h4-6,11,15,17-18,20-24,27,33-36H,7-9H2,1-3H3,(H,28,31)(H,41,42)(H,43,44)(H,29,32,37)(H2,38,39,40)/t11-,15+,17-,18+,20+,21-,22+,23+,24+/m0/s1. The number of ether oxygens (including phenoxy) is 2. The predicted octanol–water partition coefficient (Wildman–Crippen LogP) is -2.81. The van der Waals surface area contributed by atoms with Crippen molar-refractivity contribution in [3.63, 3.8) is 0 Å². The molecule has 2 saturated heterocycles. The van der Waals surface area contributed by atoms with Crippen molar-refractivity contribution < 1.29 is 85.8 Å². The Labute approximate surface area is 297 Å². The molecule has 11 N–H and O–H groups in total. The lowest BCUT2D eigenvalue weighted by molar-refractivity contribution is -0.208. The van der Waals surface area contributed by atoms with Crippen LogP contribution in [0.4, 0.5) is 0 Å². The molecule has 2 aliphatic rings. The number of H-pyrrole nitrogens is 1. The number of aliphatic hydroxyl groups excluding tert-OH is 3. The molecule has 0 bridgehead atoms. The lowest BCUT2D eigenvalue weighted by atomic mass is 9.94. The number of aryl methyl sites for hydroxylation is 1. The monoisotopic (exact) mass is 821 g/mol. The summed E-state index contributed by atoms with van der Waals surface area (Å²) in [6.07, 6.45) is -9.55. The van der Waals surface area contributed by atoms with Crippen LogP contribution in [0.25, 0.3) is 0 Å². The average molecular weight is 822 g/mol. The fraction of sp³-hybridized carbons (Fsp3) is 0.600. The summed E-state index contributed by atoms with van der Waals surface area (Å²) in [4.78, 5) is 80.0. The zero-order valence-corrected chi connectivity index (χ0v) is 30.4. The minimum atomic E-state index is -5.69. The molecule has 0 saturated carbocycles. The smallest absolute Gasteiger partial charge is 0.483 e. The normalized spacial score (nSPS) is 30.0. The number of aromatic nitrogens is 3. The first-order chi connectivity index (χ1) is 24.5. The van der Waals surface area contributed by atoms with Crippen LogP contribution in [0.5, 0.6) is 5.75 Å². The summed E-state index contributed by atoms with van der Waals surface area (Å²) in [7, 11) is -16.2. The van der Waals surface area contributed by atoms with Gasteiger partial charge in [-0.15, -0.1) is 0 Å². The highest BCUT2D eigenvalue weighted by Crippen LogP contribution is 2.61. The topological polar surface area (TPSA) is 377 Å². The molecule has 53 heavy (non-hydrogen) atoms. The number of pyridine rings is 1. The Kier molecular flexibility index (Phi) is 13.7. The Hall–Kier alpha value is -2.77. The molecular formula is C25H38N5O20P3. The highest BCUT2D eigenvalue weighted by atomic mass is 31.3. The van der Waals surface area contributed by atoms with Crippen LogP contribution in [0.15, 0.2) is 28.0 Å². The molecule has 25 nitrogen and oxygen atoms in total. The summed E-state index contributed by atoms with van der Waals surface area (Å²) < 4.78 is 66.9. The van der Waals surface area contributed by atoms with E-state index in [9.17, 15) is 58.3 Å². The molecule has 0 aliphatic carbocycles. The largest absolute Gasteiger partial charge is 0.506 e. The van der Waals surface area contributed by atoms with Crippen LogP contribution in [0.1, 0.15) is 36.9 Å². The number of carbonyl (C=O) groups is 1. The molecule has 4 rings (SSSR count). The van der Waals surface area contributed by atoms with E-state index in [4.69, 9.17) is 23.8 Å². The maximum absolute atomic E-state index is 12.9. The number of aromatic amines is 1. The van der Waals surface area contributed by atoms with Gasteiger partial charge in [0.15, 0.2) is 12.5 Å². The van der Waals surface area contributed by atoms with Crippen LogP contribution in [0, 0.1) is 6.92 Å². The Morgan fingerprint density at radius 2 is 1.70 bits per heavy atom. The van der Waals surface area contributed by atoms with Crippen molar-refractivity contribution in [3.05, 3.63) is 56.1 Å². The first kappa shape index (κ1) is 43.0. The summed E-state index contributed by atoms with van der Waals surface area (Å²) in [5.41, 5.74) is -1.52. The van der Waals surface area contributed by atoms with Crippen molar-refractivity contribution in [1.82, 2.24) is 25.2 Å². The van der Waals surface area contributed by atoms with Gasteiger partial charge in [-0.25, -0.2) is 18.5 Å². The second-order valence-corrected chi connectivity index (χ2v) is 16.0. The van der Waals surface area contributed by atoms with Gasteiger partial charge < -0.3 is 60.1 Å². The molecule has 11 atom stereocenters. The Morgan fingerprint density at radius 1 is 1.02 bits per heavy atom. The average Bonchev–Trinajstić information content (AvgIpc) is 3.30. The van der Waals surface area contributed by atoms with Crippen molar-refractivity contribution >= 4 is 29.4 Å². The molecule has 1 amide bonds. The molecule has 4 heterocycles. The number of aliphatic hydroxyl groups is 3. The second-order valence-electron chi connectivity index (χ2n) is 11.8. The summed E-state index contributed by atoms with van der Waals surface area (Å²) >= 11 is 0. The van der Waals surface area contributed by atoms with Gasteiger partial charge in [0.25, 0.3) is 5.56 Å². The number of phosphoric acid groups is 3. The number of amides is 1. The van der Waals surface area contributed by atoms with Gasteiger partial charge in [-0.2, -0.15) is 4.31 Å². The molecule has 0 radical (unpaired) electrons. The van der Waals surface area contributed by atoms with Crippen LogP contribution in [-0.2, 0) is 59.0 Å². The zero-order valence-electron chi connectivity index (χ0n) is 27.8. The zero-order chi connectivity index (χ0) is 39.6. The number of nitrogens with zero attached hydrogens (tertiary/aromatic N) is 2. The van der Waals surface area contributed by atoms with Crippen LogP contribution >= 0.6 is 23.5 Å². The minimum absolute atomic E-state index is 0.0608. The van der Waals surface area contributed by atoms with Gasteiger partial charge in [-0.1, -0.05) is 0 Å². The molecule has 2 fully saturated rings. The lowest BCUT2D eigenvalue weighted by Crippen LogP contribution is -2.66. The number of nitrogens with one attached hydrogen (secondary N) is 3. The molecule has 2 aliphatic heterocycles. The van der Waals surface area contributed by atoms with Crippen molar-refractivity contribution in [1.29, 1.82) is 0 Å². The molecule has 28 heteroatoms. The molecule has 298 valence electrons. The number of hydrogen-bond donors (Lipinski definition) is 11. The maximum Gasteiger partial charge on any atom is 0.483 e. The SMILES string of the molecule is CC(=O)N[C@H]1[C@@H](OP(=O)(O)OP(=O)(O)OC[C@H]2O[C@@H](n3ccc(=O)[nH]c3=O)[C@H](O)[C@@H]2O)O[C@@H](C)[C@H](NCc2c(COP(=O)(O)O)cnc(C)c2O)[C@@H]1O. The number of phosphoric ester groups is 3. The van der Waals surface area contributed by atoms with Crippen LogP contribution < -0.4 is 21.9 Å². The molecule has 2 aromatic rings. The van der Waals surface area contributed by atoms with Gasteiger partial charge in [0.1, 0.15) is 30.1 Å². The predicted molar refractivity (Wildman–Crippen MR) is 171 cm³/mol. The van der Waals surface area contributed by atoms with E-state index in [1.807, 2.05) is 4.98 Å². The molecule has 2 unspecified atom stereocenters. The van der Waals surface area contributed by atoms with E-state index in [2.05, 4.69) is 29.0 Å². The van der Waals surface area contributed by atoms with Gasteiger partial charge in [0.2, 0.25) is 5.91 Å². The number of hydrogen-bond acceptors (Lipinski definition) is 18. The van der Waals surface area contributed by atoms with E-state index in [-0.39, 0.29) is 29.1 Å². The third kappa shape index (κ3) is 11.2. The van der Waals surface area contributed by atoms with E-state index in [0.717, 1.165) is 23.8 Å². The van der Waals surface area contributed by atoms with Gasteiger partial charge in [-0.3, -0.25) is 37.7 Å². The number of carbonyl (C=O) groups excluding carboxylic acids is 1. The minimum Gasteiger partial charge on any atom is -0.506 e. The second kappa shape index (κ2) is 16.9. The summed E-state index contributed by atoms with van der Waals surface area (Å²) in [5, 5.41) is 47.6. The first-order valence-corrected chi connectivity index (χ1v) is 19.7. The fourth-order valence-electron chi connectivity index (χ4n) is 5.38. The maximum atomic E-state index is 12.9. The quantitative estimate of drug-likeness (QED) is 0.0808. The van der Waals surface area contributed by atoms with E-state index in [1.54, 1.807) is 0 Å². The van der Waals surface area contributed by atoms with E-state index >= 15 is 0 Å². The van der Waals surface area contributed by atoms with Crippen molar-refractivity contribution in [3.8, 4) is 5.75 Å². The fourth-order valence-corrected chi connectivity index (χ4v) is 7.86. The van der Waals surface area contributed by atoms with Gasteiger partial charge in [0.05, 0.1) is 37.2 Å². The molecule has 0 aromatic carbocycles. The summed E-state index contributed by atoms with van der Waals surface area (Å²) in [5.74, 6) is -1.16. The summed E-state index contributed by atoms with van der Waals surface area (Å²) in [6, 6.07) is -1.89. The van der Waals surface area contributed by atoms with Gasteiger partial charge in [-0.05, 0) is 13.8 Å². The number of rotatable bonds is 15. The Balaban J connectivity index is 1.42. The first-order valence-electron chi connectivity index (χ1n) is 15.2. The highest BCUT2D eigenvalue weighted by molar-refractivity contribution is 7.61. The molecular weight excluding hydrogens is 783 g/mol. The molecule has 2 aromatic heterocycles. The van der Waals surface area contributed by atoms with Crippen molar-refractivity contribution in [2.24, 2.45) is 0 Å². The molecule has 0 spiro atoms. The Bertz CT molecular complexity index is 1910. The van der Waals surface area contributed by atoms with Crippen molar-refractivity contribution in [2.45, 2.75) is 89.0 Å². The number of aromatic hydroxyl groups is 1. The van der Waals surface area contributed by atoms with Gasteiger partial charge in [0, 0.05) is 43.1 Å². The van der Waals surface area contributed by atoms with Crippen LogP contribution in [-0.4, -0.2) is 116 Å². The van der Waals surface area contributed by atoms with E-state index in [0.29, 0.717) is 0 Å². The lowest BCUT2D eigenvalue weighted by Gasteiger charge is -2.44.